The van der Waals surface area contributed by atoms with Crippen molar-refractivity contribution >= 4 is 5.91 Å². The summed E-state index contributed by atoms with van der Waals surface area (Å²) in [5.74, 6) is 0.681. The van der Waals surface area contributed by atoms with Gasteiger partial charge in [0.25, 0.3) is 0 Å². The van der Waals surface area contributed by atoms with E-state index >= 15 is 0 Å². The number of nitrogens with zero attached hydrogens (tertiary/aromatic N) is 1. The van der Waals surface area contributed by atoms with E-state index in [-0.39, 0.29) is 19.1 Å². The van der Waals surface area contributed by atoms with Gasteiger partial charge in [0.15, 0.2) is 0 Å². The van der Waals surface area contributed by atoms with Crippen LogP contribution in [0.5, 0.6) is 0 Å². The van der Waals surface area contributed by atoms with E-state index in [2.05, 4.69) is 5.32 Å². The number of hydrogen-bond acceptors (Lipinski definition) is 6. The zero-order valence-electron chi connectivity index (χ0n) is 14.3. The average molecular weight is 344 g/mol. The van der Waals surface area contributed by atoms with E-state index in [0.717, 1.165) is 12.8 Å². The molecular weight excluding hydrogens is 312 g/mol. The number of hydrogen-bond donors (Lipinski definition) is 5. The summed E-state index contributed by atoms with van der Waals surface area (Å²) in [6, 6.07) is -0.555. The summed E-state index contributed by atoms with van der Waals surface area (Å²) in [4.78, 5) is 13.6. The van der Waals surface area contributed by atoms with Crippen LogP contribution in [-0.2, 0) is 4.79 Å². The Hall–Kier alpha value is -0.730. The molecule has 2 aliphatic rings. The van der Waals surface area contributed by atoms with E-state index in [1.54, 1.807) is 0 Å². The van der Waals surface area contributed by atoms with Crippen LogP contribution in [0.25, 0.3) is 0 Å². The van der Waals surface area contributed by atoms with Gasteiger partial charge in [-0.05, 0) is 38.1 Å². The molecule has 24 heavy (non-hydrogen) atoms. The maximum atomic E-state index is 11.8. The molecule has 0 unspecified atom stereocenters. The lowest BCUT2D eigenvalue weighted by atomic mass is 9.94. The minimum absolute atomic E-state index is 0.127. The summed E-state index contributed by atoms with van der Waals surface area (Å²) in [5.41, 5.74) is 0. The standard InChI is InChI=1S/C17H32N2O5/c20-11-13-16(23)17(24)14(21)10-19(13)8-4-3-7-18-15(22)9-12-5-1-2-6-12/h12-14,16-17,20-21,23-24H,1-11H2,(H,18,22)/t13-,14+,16-,17-/m1/s1. The average Bonchev–Trinajstić information content (AvgIpc) is 3.05. The van der Waals surface area contributed by atoms with Crippen LogP contribution in [-0.4, -0.2) is 81.8 Å². The molecule has 1 saturated carbocycles. The third-order valence-electron chi connectivity index (χ3n) is 5.36. The third kappa shape index (κ3) is 5.39. The molecule has 1 amide bonds. The number of β-amino-alcohol motifs (C(OH)–C–C–N with tert-alkyl or cyclic N) is 1. The van der Waals surface area contributed by atoms with Gasteiger partial charge in [-0.3, -0.25) is 9.69 Å². The number of aliphatic hydroxyl groups excluding tert-OH is 4. The number of nitrogens with one attached hydrogen (secondary N) is 1. The Morgan fingerprint density at radius 1 is 1.08 bits per heavy atom. The van der Waals surface area contributed by atoms with Crippen molar-refractivity contribution in [3.8, 4) is 0 Å². The summed E-state index contributed by atoms with van der Waals surface area (Å²) in [6.45, 7) is 1.20. The molecular formula is C17H32N2O5. The number of likely N-dealkylation sites (tertiary alicyclic amines) is 1. The van der Waals surface area contributed by atoms with Gasteiger partial charge >= 0.3 is 0 Å². The second-order valence-electron chi connectivity index (χ2n) is 7.21. The molecule has 0 spiro atoms. The van der Waals surface area contributed by atoms with E-state index in [9.17, 15) is 25.2 Å². The van der Waals surface area contributed by atoms with Crippen LogP contribution in [0, 0.1) is 5.92 Å². The van der Waals surface area contributed by atoms with Crippen LogP contribution in [0.3, 0.4) is 0 Å². The SMILES string of the molecule is O=C(CC1CCCC1)NCCCCN1C[C@H](O)[C@@H](O)[C@H](O)[C@H]1CO. The summed E-state index contributed by atoms with van der Waals surface area (Å²) >= 11 is 0. The highest BCUT2D eigenvalue weighted by molar-refractivity contribution is 5.76. The second kappa shape index (κ2) is 9.68. The lowest BCUT2D eigenvalue weighted by Crippen LogP contribution is -2.62. The second-order valence-corrected chi connectivity index (χ2v) is 7.21. The van der Waals surface area contributed by atoms with Gasteiger partial charge in [0.2, 0.25) is 5.91 Å². The van der Waals surface area contributed by atoms with Gasteiger partial charge in [0.1, 0.15) is 12.2 Å². The Bertz CT molecular complexity index is 389. The molecule has 0 radical (unpaired) electrons. The van der Waals surface area contributed by atoms with E-state index in [1.807, 2.05) is 4.90 Å². The molecule has 5 N–H and O–H groups in total. The molecule has 1 aliphatic heterocycles. The van der Waals surface area contributed by atoms with Gasteiger partial charge < -0.3 is 25.7 Å². The van der Waals surface area contributed by atoms with Gasteiger partial charge in [-0.1, -0.05) is 12.8 Å². The van der Waals surface area contributed by atoms with Gasteiger partial charge in [0, 0.05) is 19.5 Å². The first-order valence-electron chi connectivity index (χ1n) is 9.18. The number of aliphatic hydroxyl groups is 4. The molecule has 0 aromatic heterocycles. The lowest BCUT2D eigenvalue weighted by Gasteiger charge is -2.43. The van der Waals surface area contributed by atoms with E-state index < -0.39 is 24.4 Å². The van der Waals surface area contributed by atoms with Crippen LogP contribution in [0.1, 0.15) is 44.9 Å². The number of carbonyl (C=O) groups is 1. The largest absolute Gasteiger partial charge is 0.395 e. The predicted octanol–water partition coefficient (Wildman–Crippen LogP) is -0.778. The Morgan fingerprint density at radius 3 is 2.46 bits per heavy atom. The molecule has 7 heteroatoms. The zero-order chi connectivity index (χ0) is 17.5. The van der Waals surface area contributed by atoms with Crippen LogP contribution in [0.2, 0.25) is 0 Å². The fourth-order valence-corrected chi connectivity index (χ4v) is 3.85. The van der Waals surface area contributed by atoms with Crippen LogP contribution >= 0.6 is 0 Å². The van der Waals surface area contributed by atoms with E-state index in [0.29, 0.717) is 25.4 Å². The van der Waals surface area contributed by atoms with E-state index in [1.165, 1.54) is 25.7 Å². The summed E-state index contributed by atoms with van der Waals surface area (Å²) in [5, 5.41) is 41.7. The van der Waals surface area contributed by atoms with Crippen molar-refractivity contribution in [1.29, 1.82) is 0 Å². The highest BCUT2D eigenvalue weighted by atomic mass is 16.4. The first kappa shape index (κ1) is 19.6. The Balaban J connectivity index is 1.61. The molecule has 2 fully saturated rings. The molecule has 0 aromatic carbocycles. The summed E-state index contributed by atoms with van der Waals surface area (Å²) < 4.78 is 0. The molecule has 1 saturated heterocycles. The van der Waals surface area contributed by atoms with Crippen molar-refractivity contribution in [2.24, 2.45) is 5.92 Å². The maximum absolute atomic E-state index is 11.8. The third-order valence-corrected chi connectivity index (χ3v) is 5.36. The minimum Gasteiger partial charge on any atom is -0.395 e. The first-order chi connectivity index (χ1) is 11.5. The molecule has 2 rings (SSSR count). The van der Waals surface area contributed by atoms with Crippen molar-refractivity contribution in [1.82, 2.24) is 10.2 Å². The Morgan fingerprint density at radius 2 is 1.79 bits per heavy atom. The smallest absolute Gasteiger partial charge is 0.220 e. The molecule has 1 aliphatic carbocycles. The van der Waals surface area contributed by atoms with Gasteiger partial charge in [0.05, 0.1) is 18.8 Å². The number of piperidine rings is 1. The fourth-order valence-electron chi connectivity index (χ4n) is 3.85. The van der Waals surface area contributed by atoms with Crippen molar-refractivity contribution < 1.29 is 25.2 Å². The molecule has 7 nitrogen and oxygen atoms in total. The van der Waals surface area contributed by atoms with E-state index in [4.69, 9.17) is 0 Å². The van der Waals surface area contributed by atoms with Crippen LogP contribution in [0.4, 0.5) is 0 Å². The lowest BCUT2D eigenvalue weighted by molar-refractivity contribution is -0.145. The quantitative estimate of drug-likeness (QED) is 0.369. The Labute approximate surface area is 143 Å². The minimum atomic E-state index is -1.21. The van der Waals surface area contributed by atoms with Crippen molar-refractivity contribution in [3.05, 3.63) is 0 Å². The van der Waals surface area contributed by atoms with Crippen LogP contribution in [0.15, 0.2) is 0 Å². The highest BCUT2D eigenvalue weighted by Crippen LogP contribution is 2.27. The fraction of sp³-hybridized carbons (Fsp3) is 0.941. The number of amides is 1. The number of unbranched alkanes of at least 4 members (excludes halogenated alkanes) is 1. The summed E-state index contributed by atoms with van der Waals surface area (Å²) in [6.07, 6.45) is 3.68. The molecule has 0 bridgehead atoms. The van der Waals surface area contributed by atoms with Gasteiger partial charge in [-0.25, -0.2) is 0 Å². The summed E-state index contributed by atoms with van der Waals surface area (Å²) in [7, 11) is 0. The monoisotopic (exact) mass is 344 g/mol. The van der Waals surface area contributed by atoms with Crippen molar-refractivity contribution in [3.63, 3.8) is 0 Å². The van der Waals surface area contributed by atoms with Crippen molar-refractivity contribution in [2.45, 2.75) is 69.3 Å². The predicted molar refractivity (Wildman–Crippen MR) is 89.3 cm³/mol. The van der Waals surface area contributed by atoms with Crippen LogP contribution < -0.4 is 5.32 Å². The maximum Gasteiger partial charge on any atom is 0.220 e. The molecule has 0 aromatic rings. The zero-order valence-corrected chi connectivity index (χ0v) is 14.3. The number of rotatable bonds is 8. The van der Waals surface area contributed by atoms with Gasteiger partial charge in [-0.2, -0.15) is 0 Å². The topological polar surface area (TPSA) is 113 Å². The highest BCUT2D eigenvalue weighted by Gasteiger charge is 2.40. The molecule has 140 valence electrons. The Kier molecular flexibility index (Phi) is 7.90. The molecule has 1 heterocycles. The normalized spacial score (nSPS) is 32.2. The molecule has 4 atom stereocenters. The van der Waals surface area contributed by atoms with Gasteiger partial charge in [-0.15, -0.1) is 0 Å². The van der Waals surface area contributed by atoms with Crippen molar-refractivity contribution in [2.75, 3.05) is 26.2 Å². The first-order valence-corrected chi connectivity index (χ1v) is 9.18. The number of carbonyl (C=O) groups excluding carboxylic acids is 1.